The zero-order valence-electron chi connectivity index (χ0n) is 10.1. The Morgan fingerprint density at radius 1 is 1.59 bits per heavy atom. The number of carbonyl (C=O) groups excluding carboxylic acids is 1. The van der Waals surface area contributed by atoms with E-state index in [1.165, 1.54) is 0 Å². The number of hydrogen-bond acceptors (Lipinski definition) is 3. The van der Waals surface area contributed by atoms with E-state index in [0.717, 1.165) is 23.7 Å². The predicted octanol–water partition coefficient (Wildman–Crippen LogP) is 1.66. The van der Waals surface area contributed by atoms with E-state index in [9.17, 15) is 4.79 Å². The third kappa shape index (κ3) is 2.27. The van der Waals surface area contributed by atoms with Crippen LogP contribution in [0.2, 0.25) is 0 Å². The minimum Gasteiger partial charge on any atom is -0.497 e. The molecule has 0 aliphatic carbocycles. The summed E-state index contributed by atoms with van der Waals surface area (Å²) >= 11 is 0. The average molecular weight is 235 g/mol. The van der Waals surface area contributed by atoms with Crippen molar-refractivity contribution in [1.82, 2.24) is 5.32 Å². The van der Waals surface area contributed by atoms with E-state index < -0.39 is 0 Å². The monoisotopic (exact) mass is 235 g/mol. The number of ether oxygens (including phenoxy) is 1. The van der Waals surface area contributed by atoms with Crippen LogP contribution in [0.15, 0.2) is 18.2 Å². The minimum atomic E-state index is -0.0552. The van der Waals surface area contributed by atoms with E-state index in [1.807, 2.05) is 25.1 Å². The van der Waals surface area contributed by atoms with Crippen LogP contribution in [0.25, 0.3) is 0 Å². The van der Waals surface area contributed by atoms with Crippen LogP contribution in [-0.4, -0.2) is 32.8 Å². The minimum absolute atomic E-state index is 0.0552. The molecular formula is C12H17N3O2. The lowest BCUT2D eigenvalue weighted by Gasteiger charge is -2.30. The highest BCUT2D eigenvalue weighted by Crippen LogP contribution is 2.32. The molecule has 2 amide bonds. The van der Waals surface area contributed by atoms with E-state index in [0.29, 0.717) is 13.1 Å². The number of nitrogens with one attached hydrogen (secondary N) is 2. The van der Waals surface area contributed by atoms with Crippen molar-refractivity contribution in [2.24, 2.45) is 0 Å². The zero-order chi connectivity index (χ0) is 12.3. The second-order valence-electron chi connectivity index (χ2n) is 3.80. The summed E-state index contributed by atoms with van der Waals surface area (Å²) in [5.41, 5.74) is 1.82. The second-order valence-corrected chi connectivity index (χ2v) is 3.80. The number of amides is 2. The van der Waals surface area contributed by atoms with Crippen LogP contribution in [0, 0.1) is 0 Å². The Balaban J connectivity index is 2.28. The molecule has 17 heavy (non-hydrogen) atoms. The molecule has 5 nitrogen and oxygen atoms in total. The Labute approximate surface area is 101 Å². The Morgan fingerprint density at radius 2 is 2.41 bits per heavy atom. The Bertz CT molecular complexity index is 420. The second kappa shape index (κ2) is 4.95. The van der Waals surface area contributed by atoms with Crippen molar-refractivity contribution in [3.63, 3.8) is 0 Å². The van der Waals surface area contributed by atoms with Gasteiger partial charge in [-0.25, -0.2) is 4.79 Å². The molecule has 1 heterocycles. The summed E-state index contributed by atoms with van der Waals surface area (Å²) in [6, 6.07) is 5.61. The Kier molecular flexibility index (Phi) is 3.37. The number of benzene rings is 1. The molecule has 0 spiro atoms. The van der Waals surface area contributed by atoms with Crippen LogP contribution in [-0.2, 0) is 0 Å². The van der Waals surface area contributed by atoms with Crippen molar-refractivity contribution in [2.45, 2.75) is 6.92 Å². The fourth-order valence-electron chi connectivity index (χ4n) is 1.90. The standard InChI is InChI=1S/C12H17N3O2/c1-3-13-12(16)15-7-6-14-10-8-9(17-2)4-5-11(10)15/h4-5,8,14H,3,6-7H2,1-2H3,(H,13,16). The summed E-state index contributed by atoms with van der Waals surface area (Å²) in [6.07, 6.45) is 0. The lowest BCUT2D eigenvalue weighted by Crippen LogP contribution is -2.44. The quantitative estimate of drug-likeness (QED) is 0.819. The number of urea groups is 1. The van der Waals surface area contributed by atoms with Gasteiger partial charge in [0.2, 0.25) is 0 Å². The van der Waals surface area contributed by atoms with Crippen LogP contribution >= 0.6 is 0 Å². The smallest absolute Gasteiger partial charge is 0.321 e. The van der Waals surface area contributed by atoms with Crippen LogP contribution in [0.4, 0.5) is 16.2 Å². The highest BCUT2D eigenvalue weighted by atomic mass is 16.5. The van der Waals surface area contributed by atoms with Gasteiger partial charge in [-0.2, -0.15) is 0 Å². The van der Waals surface area contributed by atoms with Gasteiger partial charge in [0, 0.05) is 25.7 Å². The largest absolute Gasteiger partial charge is 0.497 e. The maximum Gasteiger partial charge on any atom is 0.321 e. The van der Waals surface area contributed by atoms with Crippen molar-refractivity contribution < 1.29 is 9.53 Å². The molecule has 92 valence electrons. The van der Waals surface area contributed by atoms with Crippen molar-refractivity contribution in [2.75, 3.05) is 37.0 Å². The van der Waals surface area contributed by atoms with Gasteiger partial charge in [-0.1, -0.05) is 0 Å². The Hall–Kier alpha value is -1.91. The van der Waals surface area contributed by atoms with Crippen LogP contribution < -0.4 is 20.3 Å². The summed E-state index contributed by atoms with van der Waals surface area (Å²) < 4.78 is 5.16. The third-order valence-corrected chi connectivity index (χ3v) is 2.72. The average Bonchev–Trinajstić information content (AvgIpc) is 2.37. The first-order chi connectivity index (χ1) is 8.26. The van der Waals surface area contributed by atoms with Crippen molar-refractivity contribution in [1.29, 1.82) is 0 Å². The molecule has 1 aromatic carbocycles. The summed E-state index contributed by atoms with van der Waals surface area (Å²) in [5, 5.41) is 6.08. The number of anilines is 2. The summed E-state index contributed by atoms with van der Waals surface area (Å²) in [6.45, 7) is 3.96. The van der Waals surface area contributed by atoms with Gasteiger partial charge in [-0.05, 0) is 19.1 Å². The molecule has 0 saturated heterocycles. The molecule has 0 saturated carbocycles. The van der Waals surface area contributed by atoms with E-state index in [1.54, 1.807) is 12.0 Å². The van der Waals surface area contributed by atoms with Gasteiger partial charge < -0.3 is 15.4 Å². The molecule has 0 atom stereocenters. The van der Waals surface area contributed by atoms with E-state index in [2.05, 4.69) is 10.6 Å². The molecule has 2 N–H and O–H groups in total. The summed E-state index contributed by atoms with van der Waals surface area (Å²) in [5.74, 6) is 0.786. The van der Waals surface area contributed by atoms with Gasteiger partial charge >= 0.3 is 6.03 Å². The lowest BCUT2D eigenvalue weighted by atomic mass is 10.2. The first-order valence-electron chi connectivity index (χ1n) is 5.73. The van der Waals surface area contributed by atoms with Gasteiger partial charge in [0.15, 0.2) is 0 Å². The molecule has 1 aliphatic rings. The van der Waals surface area contributed by atoms with Gasteiger partial charge in [0.1, 0.15) is 5.75 Å². The van der Waals surface area contributed by atoms with Gasteiger partial charge in [0.05, 0.1) is 18.5 Å². The number of rotatable bonds is 2. The fourth-order valence-corrected chi connectivity index (χ4v) is 1.90. The zero-order valence-corrected chi connectivity index (χ0v) is 10.1. The molecule has 1 aliphatic heterocycles. The maximum atomic E-state index is 11.9. The molecule has 0 unspecified atom stereocenters. The number of fused-ring (bicyclic) bond motifs is 1. The Morgan fingerprint density at radius 3 is 3.12 bits per heavy atom. The number of carbonyl (C=O) groups is 1. The molecule has 1 aromatic rings. The maximum absolute atomic E-state index is 11.9. The number of hydrogen-bond donors (Lipinski definition) is 2. The SMILES string of the molecule is CCNC(=O)N1CCNc2cc(OC)ccc21. The normalized spacial score (nSPS) is 13.6. The number of methoxy groups -OCH3 is 1. The molecule has 2 rings (SSSR count). The highest BCUT2D eigenvalue weighted by Gasteiger charge is 2.21. The molecule has 0 aromatic heterocycles. The third-order valence-electron chi connectivity index (χ3n) is 2.72. The molecule has 0 bridgehead atoms. The van der Waals surface area contributed by atoms with Gasteiger partial charge in [-0.15, -0.1) is 0 Å². The molecule has 5 heteroatoms. The van der Waals surface area contributed by atoms with Gasteiger partial charge in [0.25, 0.3) is 0 Å². The predicted molar refractivity (Wildman–Crippen MR) is 67.9 cm³/mol. The molecular weight excluding hydrogens is 218 g/mol. The molecule has 0 radical (unpaired) electrons. The summed E-state index contributed by atoms with van der Waals surface area (Å²) in [4.78, 5) is 13.6. The summed E-state index contributed by atoms with van der Waals surface area (Å²) in [7, 11) is 1.63. The molecule has 0 fully saturated rings. The van der Waals surface area contributed by atoms with Crippen molar-refractivity contribution in [3.05, 3.63) is 18.2 Å². The highest BCUT2D eigenvalue weighted by molar-refractivity contribution is 5.96. The van der Waals surface area contributed by atoms with E-state index in [4.69, 9.17) is 4.74 Å². The fraction of sp³-hybridized carbons (Fsp3) is 0.417. The van der Waals surface area contributed by atoms with E-state index >= 15 is 0 Å². The topological polar surface area (TPSA) is 53.6 Å². The first kappa shape index (κ1) is 11.6. The van der Waals surface area contributed by atoms with E-state index in [-0.39, 0.29) is 6.03 Å². The van der Waals surface area contributed by atoms with Crippen LogP contribution in [0.3, 0.4) is 0 Å². The van der Waals surface area contributed by atoms with Crippen LogP contribution in [0.5, 0.6) is 5.75 Å². The van der Waals surface area contributed by atoms with Crippen molar-refractivity contribution >= 4 is 17.4 Å². The number of nitrogens with zero attached hydrogens (tertiary/aromatic N) is 1. The van der Waals surface area contributed by atoms with Gasteiger partial charge in [-0.3, -0.25) is 4.90 Å². The van der Waals surface area contributed by atoms with Crippen LogP contribution in [0.1, 0.15) is 6.92 Å². The first-order valence-corrected chi connectivity index (χ1v) is 5.73. The van der Waals surface area contributed by atoms with Crippen molar-refractivity contribution in [3.8, 4) is 5.75 Å². The lowest BCUT2D eigenvalue weighted by molar-refractivity contribution is 0.247.